The van der Waals surface area contributed by atoms with Crippen molar-refractivity contribution in [2.45, 2.75) is 31.8 Å². The Labute approximate surface area is 120 Å². The van der Waals surface area contributed by atoms with E-state index >= 15 is 0 Å². The molecule has 1 unspecified atom stereocenters. The molecule has 1 aromatic rings. The number of aliphatic hydroxyl groups is 1. The molecular formula is C13H17BrNO4+. The Morgan fingerprint density at radius 2 is 2.37 bits per heavy atom. The minimum Gasteiger partial charge on any atom is -0.463 e. The minimum atomic E-state index is -1.64. The molecule has 0 aromatic carbocycles. The van der Waals surface area contributed by atoms with Crippen LogP contribution in [0.1, 0.15) is 31.0 Å². The lowest BCUT2D eigenvalue weighted by Crippen LogP contribution is -2.55. The van der Waals surface area contributed by atoms with Crippen molar-refractivity contribution in [1.29, 1.82) is 0 Å². The number of aromatic nitrogens is 1. The summed E-state index contributed by atoms with van der Waals surface area (Å²) in [6.07, 6.45) is 3.53. The highest BCUT2D eigenvalue weighted by atomic mass is 79.9. The zero-order chi connectivity index (χ0) is 14.0. The molecule has 0 bridgehead atoms. The molecule has 0 saturated carbocycles. The lowest BCUT2D eigenvalue weighted by atomic mass is 9.82. The molecule has 5 nitrogen and oxygen atoms in total. The Morgan fingerprint density at radius 1 is 1.63 bits per heavy atom. The molecule has 1 aromatic heterocycles. The average molecular weight is 331 g/mol. The number of carbonyl (C=O) groups excluding carboxylic acids is 1. The maximum Gasteiger partial charge on any atom is 0.349 e. The number of carbonyl (C=O) groups is 1. The Kier molecular flexibility index (Phi) is 4.10. The molecule has 1 aliphatic carbocycles. The Hall–Kier alpha value is -1.14. The first-order valence-electron chi connectivity index (χ1n) is 6.21. The molecule has 1 atom stereocenters. The first kappa shape index (κ1) is 14.3. The van der Waals surface area contributed by atoms with E-state index in [2.05, 4.69) is 15.9 Å². The van der Waals surface area contributed by atoms with Crippen LogP contribution in [-0.2, 0) is 21.6 Å². The van der Waals surface area contributed by atoms with E-state index in [1.807, 2.05) is 6.07 Å². The minimum absolute atomic E-state index is 0.236. The molecule has 19 heavy (non-hydrogen) atoms. The van der Waals surface area contributed by atoms with Gasteiger partial charge < -0.3 is 9.84 Å². The molecule has 0 radical (unpaired) electrons. The van der Waals surface area contributed by atoms with E-state index in [-0.39, 0.29) is 6.61 Å². The highest BCUT2D eigenvalue weighted by Gasteiger charge is 2.51. The normalized spacial score (nSPS) is 21.7. The number of esters is 1. The first-order chi connectivity index (χ1) is 9.02. The second-order valence-corrected chi connectivity index (χ2v) is 5.39. The third-order valence-corrected chi connectivity index (χ3v) is 3.70. The van der Waals surface area contributed by atoms with Gasteiger partial charge in [-0.05, 0) is 48.2 Å². The molecular weight excluding hydrogens is 314 g/mol. The topological polar surface area (TPSA) is 59.6 Å². The van der Waals surface area contributed by atoms with Crippen molar-refractivity contribution in [1.82, 2.24) is 0 Å². The van der Waals surface area contributed by atoms with Crippen molar-refractivity contribution < 1.29 is 24.2 Å². The standard InChI is InChI=1S/C13H17BrNO4/c1-3-19-12(16)13(17)6-4-5-9-7-10(14)8-15(18-2)11(9)13/h7-8,17H,3-6H2,1-2H3/q+1. The maximum atomic E-state index is 12.1. The lowest BCUT2D eigenvalue weighted by molar-refractivity contribution is -0.894. The van der Waals surface area contributed by atoms with E-state index in [4.69, 9.17) is 9.57 Å². The molecule has 2 rings (SSSR count). The second-order valence-electron chi connectivity index (χ2n) is 4.47. The zero-order valence-electron chi connectivity index (χ0n) is 11.0. The van der Waals surface area contributed by atoms with E-state index in [1.54, 1.807) is 13.1 Å². The quantitative estimate of drug-likeness (QED) is 0.660. The predicted molar refractivity (Wildman–Crippen MR) is 70.3 cm³/mol. The van der Waals surface area contributed by atoms with Crippen molar-refractivity contribution in [3.63, 3.8) is 0 Å². The van der Waals surface area contributed by atoms with E-state index in [1.165, 1.54) is 11.8 Å². The highest BCUT2D eigenvalue weighted by molar-refractivity contribution is 9.10. The Balaban J connectivity index is 2.57. The van der Waals surface area contributed by atoms with Gasteiger partial charge in [-0.3, -0.25) is 4.84 Å². The van der Waals surface area contributed by atoms with Gasteiger partial charge in [0.2, 0.25) is 6.20 Å². The highest BCUT2D eigenvalue weighted by Crippen LogP contribution is 2.35. The van der Waals surface area contributed by atoms with Gasteiger partial charge in [-0.2, -0.15) is 0 Å². The smallest absolute Gasteiger partial charge is 0.349 e. The summed E-state index contributed by atoms with van der Waals surface area (Å²) >= 11 is 3.39. The lowest BCUT2D eigenvalue weighted by Gasteiger charge is -2.27. The zero-order valence-corrected chi connectivity index (χ0v) is 12.6. The molecule has 104 valence electrons. The fourth-order valence-corrected chi connectivity index (χ4v) is 2.94. The summed E-state index contributed by atoms with van der Waals surface area (Å²) < 4.78 is 7.26. The van der Waals surface area contributed by atoms with Gasteiger partial charge in [-0.1, -0.05) is 0 Å². The number of hydrogen-bond donors (Lipinski definition) is 1. The van der Waals surface area contributed by atoms with Crippen molar-refractivity contribution in [2.24, 2.45) is 0 Å². The van der Waals surface area contributed by atoms with Gasteiger partial charge in [0.1, 0.15) is 7.11 Å². The fraction of sp³-hybridized carbons (Fsp3) is 0.538. The summed E-state index contributed by atoms with van der Waals surface area (Å²) in [6, 6.07) is 1.90. The molecule has 0 aliphatic heterocycles. The van der Waals surface area contributed by atoms with Crippen LogP contribution in [0.5, 0.6) is 0 Å². The summed E-state index contributed by atoms with van der Waals surface area (Å²) in [5.41, 5.74) is -0.291. The summed E-state index contributed by atoms with van der Waals surface area (Å²) in [7, 11) is 1.49. The number of rotatable bonds is 3. The molecule has 1 N–H and O–H groups in total. The van der Waals surface area contributed by atoms with Crippen LogP contribution in [0, 0.1) is 0 Å². The molecule has 0 saturated heterocycles. The second kappa shape index (κ2) is 5.46. The number of hydrogen-bond acceptors (Lipinski definition) is 4. The number of fused-ring (bicyclic) bond motifs is 1. The van der Waals surface area contributed by atoms with E-state index < -0.39 is 11.6 Å². The van der Waals surface area contributed by atoms with Crippen molar-refractivity contribution in [3.05, 3.63) is 28.0 Å². The summed E-state index contributed by atoms with van der Waals surface area (Å²) in [5.74, 6) is -0.621. The van der Waals surface area contributed by atoms with Crippen LogP contribution in [0.2, 0.25) is 0 Å². The Bertz CT molecular complexity index is 488. The van der Waals surface area contributed by atoms with E-state index in [9.17, 15) is 9.90 Å². The van der Waals surface area contributed by atoms with E-state index in [0.717, 1.165) is 22.9 Å². The van der Waals surface area contributed by atoms with Gasteiger partial charge in [0.25, 0.3) is 11.3 Å². The van der Waals surface area contributed by atoms with Gasteiger partial charge >= 0.3 is 5.97 Å². The largest absolute Gasteiger partial charge is 0.463 e. The third kappa shape index (κ3) is 2.47. The number of ether oxygens (including phenoxy) is 1. The molecule has 6 heteroatoms. The third-order valence-electron chi connectivity index (χ3n) is 3.26. The fourth-order valence-electron chi connectivity index (χ4n) is 2.47. The van der Waals surface area contributed by atoms with Crippen LogP contribution in [-0.4, -0.2) is 24.8 Å². The molecule has 0 spiro atoms. The van der Waals surface area contributed by atoms with Gasteiger partial charge in [0.15, 0.2) is 0 Å². The summed E-state index contributed by atoms with van der Waals surface area (Å²) in [4.78, 5) is 17.3. The molecule has 0 amide bonds. The van der Waals surface area contributed by atoms with Crippen LogP contribution in [0.15, 0.2) is 16.7 Å². The number of nitrogens with zero attached hydrogens (tertiary/aromatic N) is 1. The van der Waals surface area contributed by atoms with Crippen LogP contribution in [0.25, 0.3) is 0 Å². The monoisotopic (exact) mass is 330 g/mol. The number of pyridine rings is 1. The molecule has 1 heterocycles. The Morgan fingerprint density at radius 3 is 3.00 bits per heavy atom. The molecule has 0 fully saturated rings. The number of aryl methyl sites for hydroxylation is 1. The summed E-state index contributed by atoms with van der Waals surface area (Å²) in [5, 5.41) is 10.7. The van der Waals surface area contributed by atoms with Crippen LogP contribution in [0.3, 0.4) is 0 Å². The maximum absolute atomic E-state index is 12.1. The van der Waals surface area contributed by atoms with E-state index in [0.29, 0.717) is 12.1 Å². The van der Waals surface area contributed by atoms with Crippen LogP contribution in [0.4, 0.5) is 0 Å². The van der Waals surface area contributed by atoms with Crippen LogP contribution >= 0.6 is 15.9 Å². The molecule has 1 aliphatic rings. The van der Waals surface area contributed by atoms with Crippen molar-refractivity contribution in [2.75, 3.05) is 13.7 Å². The average Bonchev–Trinajstić information content (AvgIpc) is 2.38. The van der Waals surface area contributed by atoms with Crippen molar-refractivity contribution >= 4 is 21.9 Å². The van der Waals surface area contributed by atoms with Gasteiger partial charge in [-0.25, -0.2) is 4.79 Å². The van der Waals surface area contributed by atoms with Gasteiger partial charge in [-0.15, -0.1) is 0 Å². The van der Waals surface area contributed by atoms with Crippen LogP contribution < -0.4 is 9.57 Å². The first-order valence-corrected chi connectivity index (χ1v) is 7.01. The SMILES string of the molecule is CCOC(=O)C1(O)CCCc2cc(Br)c[n+](OC)c21. The predicted octanol–water partition coefficient (Wildman–Crippen LogP) is 0.882. The number of halogens is 1. The van der Waals surface area contributed by atoms with Crippen molar-refractivity contribution in [3.8, 4) is 0 Å². The van der Waals surface area contributed by atoms with Gasteiger partial charge in [0.05, 0.1) is 11.1 Å². The summed E-state index contributed by atoms with van der Waals surface area (Å²) in [6.45, 7) is 1.96. The van der Waals surface area contributed by atoms with Gasteiger partial charge in [0, 0.05) is 10.3 Å².